The Morgan fingerprint density at radius 1 is 1.08 bits per heavy atom. The quantitative estimate of drug-likeness (QED) is 0.532. The average molecular weight is 399 g/mol. The summed E-state index contributed by atoms with van der Waals surface area (Å²) < 4.78 is 38.1. The van der Waals surface area contributed by atoms with Crippen LogP contribution in [0.25, 0.3) is 11.0 Å². The average Bonchev–Trinajstić information content (AvgIpc) is 2.89. The van der Waals surface area contributed by atoms with Crippen molar-refractivity contribution < 1.29 is 18.0 Å². The number of alkyl halides is 3. The molecule has 0 fully saturated rings. The van der Waals surface area contributed by atoms with Crippen LogP contribution >= 0.6 is 15.9 Å². The Balaban J connectivity index is 1.71. The van der Waals surface area contributed by atoms with Gasteiger partial charge in [0.15, 0.2) is 0 Å². The Morgan fingerprint density at radius 2 is 1.79 bits per heavy atom. The van der Waals surface area contributed by atoms with E-state index in [-0.39, 0.29) is 5.69 Å². The monoisotopic (exact) mass is 398 g/mol. The van der Waals surface area contributed by atoms with Crippen LogP contribution in [-0.2, 0) is 6.18 Å². The normalized spacial score (nSPS) is 11.5. The molecule has 124 valence electrons. The molecule has 1 aromatic carbocycles. The minimum atomic E-state index is -4.41. The smallest absolute Gasteiger partial charge is 0.344 e. The van der Waals surface area contributed by atoms with E-state index >= 15 is 0 Å². The van der Waals surface area contributed by atoms with Gasteiger partial charge in [-0.3, -0.25) is 0 Å². The van der Waals surface area contributed by atoms with Crippen molar-refractivity contribution in [1.29, 1.82) is 0 Å². The standard InChI is InChI=1S/C15H10BrF3N4O/c16-12-6-5-10-11(7-20-13(10)23-12)22-14(24)21-9-3-1-8(2-4-9)15(17,18)19/h1-7H,(H,20,23)(H2,21,22,24). The molecule has 0 aliphatic carbocycles. The van der Waals surface area contributed by atoms with Crippen LogP contribution in [0.4, 0.5) is 29.3 Å². The van der Waals surface area contributed by atoms with Gasteiger partial charge in [-0.2, -0.15) is 13.2 Å². The van der Waals surface area contributed by atoms with Gasteiger partial charge in [0.05, 0.1) is 11.3 Å². The first-order valence-electron chi connectivity index (χ1n) is 6.72. The van der Waals surface area contributed by atoms with Crippen LogP contribution in [0.15, 0.2) is 47.2 Å². The third-order valence-electron chi connectivity index (χ3n) is 3.22. The van der Waals surface area contributed by atoms with Crippen molar-refractivity contribution in [3.8, 4) is 0 Å². The molecule has 24 heavy (non-hydrogen) atoms. The molecule has 9 heteroatoms. The zero-order chi connectivity index (χ0) is 17.3. The summed E-state index contributed by atoms with van der Waals surface area (Å²) in [6, 6.07) is 7.13. The van der Waals surface area contributed by atoms with Gasteiger partial charge in [0.2, 0.25) is 0 Å². The summed E-state index contributed by atoms with van der Waals surface area (Å²) in [5.74, 6) is 0. The number of halogens is 4. The lowest BCUT2D eigenvalue weighted by molar-refractivity contribution is -0.137. The molecular formula is C15H10BrF3N4O. The van der Waals surface area contributed by atoms with Crippen molar-refractivity contribution in [2.45, 2.75) is 6.18 Å². The van der Waals surface area contributed by atoms with Gasteiger partial charge >= 0.3 is 12.2 Å². The Bertz CT molecular complexity index is 890. The van der Waals surface area contributed by atoms with E-state index < -0.39 is 17.8 Å². The number of benzene rings is 1. The second-order valence-electron chi connectivity index (χ2n) is 4.89. The van der Waals surface area contributed by atoms with Crippen LogP contribution in [0.5, 0.6) is 0 Å². The second-order valence-corrected chi connectivity index (χ2v) is 5.70. The van der Waals surface area contributed by atoms with Crippen molar-refractivity contribution >= 4 is 44.4 Å². The first-order valence-corrected chi connectivity index (χ1v) is 7.51. The molecule has 0 aliphatic heterocycles. The van der Waals surface area contributed by atoms with E-state index in [0.717, 1.165) is 12.1 Å². The van der Waals surface area contributed by atoms with Crippen LogP contribution in [0.2, 0.25) is 0 Å². The van der Waals surface area contributed by atoms with E-state index in [2.05, 4.69) is 36.5 Å². The summed E-state index contributed by atoms with van der Waals surface area (Å²) in [7, 11) is 0. The number of nitrogens with one attached hydrogen (secondary N) is 3. The lowest BCUT2D eigenvalue weighted by Gasteiger charge is -2.09. The third-order valence-corrected chi connectivity index (χ3v) is 3.66. The zero-order valence-electron chi connectivity index (χ0n) is 11.9. The van der Waals surface area contributed by atoms with E-state index in [4.69, 9.17) is 0 Å². The molecule has 0 saturated heterocycles. The number of amides is 2. The number of hydrogen-bond acceptors (Lipinski definition) is 2. The maximum Gasteiger partial charge on any atom is 0.416 e. The molecular weight excluding hydrogens is 389 g/mol. The first kappa shape index (κ1) is 16.3. The van der Waals surface area contributed by atoms with Crippen LogP contribution in [0.3, 0.4) is 0 Å². The Kier molecular flexibility index (Phi) is 4.18. The maximum atomic E-state index is 12.5. The number of carbonyl (C=O) groups excluding carboxylic acids is 1. The predicted octanol–water partition coefficient (Wildman–Crippen LogP) is 4.99. The number of fused-ring (bicyclic) bond motifs is 1. The molecule has 3 N–H and O–H groups in total. The second kappa shape index (κ2) is 6.16. The van der Waals surface area contributed by atoms with Crippen LogP contribution in [-0.4, -0.2) is 16.0 Å². The highest BCUT2D eigenvalue weighted by Crippen LogP contribution is 2.30. The summed E-state index contributed by atoms with van der Waals surface area (Å²) in [4.78, 5) is 19.1. The van der Waals surface area contributed by atoms with Gasteiger partial charge in [0.1, 0.15) is 10.3 Å². The summed E-state index contributed by atoms with van der Waals surface area (Å²) >= 11 is 3.25. The summed E-state index contributed by atoms with van der Waals surface area (Å²) in [5.41, 5.74) is 0.576. The fraction of sp³-hybridized carbons (Fsp3) is 0.0667. The lowest BCUT2D eigenvalue weighted by Crippen LogP contribution is -2.19. The number of aromatic nitrogens is 2. The van der Waals surface area contributed by atoms with Crippen molar-refractivity contribution in [3.63, 3.8) is 0 Å². The Hall–Kier alpha value is -2.55. The van der Waals surface area contributed by atoms with Crippen molar-refractivity contribution in [3.05, 3.63) is 52.8 Å². The van der Waals surface area contributed by atoms with Crippen molar-refractivity contribution in [2.24, 2.45) is 0 Å². The fourth-order valence-electron chi connectivity index (χ4n) is 2.11. The van der Waals surface area contributed by atoms with Gasteiger partial charge in [0, 0.05) is 17.3 Å². The fourth-order valence-corrected chi connectivity index (χ4v) is 2.42. The summed E-state index contributed by atoms with van der Waals surface area (Å²) in [6.45, 7) is 0. The highest BCUT2D eigenvalue weighted by Gasteiger charge is 2.29. The minimum absolute atomic E-state index is 0.251. The number of H-pyrrole nitrogens is 1. The molecule has 2 heterocycles. The van der Waals surface area contributed by atoms with Gasteiger partial charge in [-0.15, -0.1) is 0 Å². The number of pyridine rings is 1. The molecule has 2 aromatic heterocycles. The Morgan fingerprint density at radius 3 is 2.46 bits per heavy atom. The number of nitrogens with zero attached hydrogens (tertiary/aromatic N) is 1. The van der Waals surface area contributed by atoms with E-state index in [1.54, 1.807) is 18.3 Å². The molecule has 0 saturated carbocycles. The van der Waals surface area contributed by atoms with E-state index in [1.165, 1.54) is 12.1 Å². The van der Waals surface area contributed by atoms with Gasteiger partial charge in [-0.25, -0.2) is 9.78 Å². The minimum Gasteiger partial charge on any atom is -0.344 e. The summed E-state index contributed by atoms with van der Waals surface area (Å²) in [5, 5.41) is 5.80. The van der Waals surface area contributed by atoms with Gasteiger partial charge in [-0.05, 0) is 52.3 Å². The molecule has 0 spiro atoms. The lowest BCUT2D eigenvalue weighted by atomic mass is 10.2. The first-order chi connectivity index (χ1) is 11.3. The largest absolute Gasteiger partial charge is 0.416 e. The molecule has 0 aliphatic rings. The number of rotatable bonds is 2. The van der Waals surface area contributed by atoms with Gasteiger partial charge < -0.3 is 15.6 Å². The highest BCUT2D eigenvalue weighted by molar-refractivity contribution is 9.10. The van der Waals surface area contributed by atoms with Crippen LogP contribution in [0.1, 0.15) is 5.56 Å². The molecule has 3 aromatic rings. The number of hydrogen-bond donors (Lipinski definition) is 3. The van der Waals surface area contributed by atoms with E-state index in [1.807, 2.05) is 0 Å². The number of carbonyl (C=O) groups is 1. The predicted molar refractivity (Wildman–Crippen MR) is 87.9 cm³/mol. The van der Waals surface area contributed by atoms with Crippen molar-refractivity contribution in [1.82, 2.24) is 9.97 Å². The van der Waals surface area contributed by atoms with Crippen LogP contribution in [0, 0.1) is 0 Å². The summed E-state index contributed by atoms with van der Waals surface area (Å²) in [6.07, 6.45) is -2.83. The molecule has 0 atom stereocenters. The number of anilines is 2. The molecule has 0 unspecified atom stereocenters. The van der Waals surface area contributed by atoms with Crippen molar-refractivity contribution in [2.75, 3.05) is 10.6 Å². The highest BCUT2D eigenvalue weighted by atomic mass is 79.9. The zero-order valence-corrected chi connectivity index (χ0v) is 13.5. The van der Waals surface area contributed by atoms with Crippen LogP contribution < -0.4 is 10.6 Å². The molecule has 5 nitrogen and oxygen atoms in total. The molecule has 0 radical (unpaired) electrons. The SMILES string of the molecule is O=C(Nc1ccc(C(F)(F)F)cc1)Nc1c[nH]c2nc(Br)ccc12. The van der Waals surface area contributed by atoms with Gasteiger partial charge in [0.25, 0.3) is 0 Å². The Labute approximate surface area is 142 Å². The van der Waals surface area contributed by atoms with E-state index in [9.17, 15) is 18.0 Å². The third kappa shape index (κ3) is 3.51. The van der Waals surface area contributed by atoms with Gasteiger partial charge in [-0.1, -0.05) is 0 Å². The topological polar surface area (TPSA) is 69.8 Å². The number of urea groups is 1. The number of aromatic amines is 1. The molecule has 0 bridgehead atoms. The maximum absolute atomic E-state index is 12.5. The molecule has 2 amide bonds. The van der Waals surface area contributed by atoms with E-state index in [0.29, 0.717) is 21.3 Å². The molecule has 3 rings (SSSR count).